The van der Waals surface area contributed by atoms with Crippen LogP contribution in [-0.4, -0.2) is 72.2 Å². The number of piperazine rings is 1. The van der Waals surface area contributed by atoms with Crippen molar-refractivity contribution in [3.8, 4) is 0 Å². The first-order valence-corrected chi connectivity index (χ1v) is 11.4. The van der Waals surface area contributed by atoms with E-state index in [0.29, 0.717) is 43.8 Å². The largest absolute Gasteiger partial charge is 0.389 e. The first-order valence-electron chi connectivity index (χ1n) is 11.0. The Kier molecular flexibility index (Phi) is 5.63. The van der Waals surface area contributed by atoms with Crippen LogP contribution in [0.25, 0.3) is 0 Å². The van der Waals surface area contributed by atoms with E-state index in [9.17, 15) is 9.90 Å². The number of hydrogen-bond acceptors (Lipinski definition) is 4. The molecule has 3 saturated heterocycles. The molecular formula is C24H27ClFN3O2. The molecule has 3 fully saturated rings. The molecule has 7 heteroatoms. The molecule has 0 aliphatic carbocycles. The molecule has 3 heterocycles. The van der Waals surface area contributed by atoms with Gasteiger partial charge in [-0.2, -0.15) is 0 Å². The van der Waals surface area contributed by atoms with Crippen molar-refractivity contribution in [1.82, 2.24) is 9.80 Å². The molecule has 0 aromatic heterocycles. The van der Waals surface area contributed by atoms with Gasteiger partial charge in [0, 0.05) is 50.3 Å². The van der Waals surface area contributed by atoms with E-state index in [1.807, 2.05) is 12.1 Å². The topological polar surface area (TPSA) is 47.0 Å². The quantitative estimate of drug-likeness (QED) is 0.790. The number of carbonyl (C=O) groups excluding carboxylic acids is 1. The molecule has 1 amide bonds. The van der Waals surface area contributed by atoms with Gasteiger partial charge in [0.2, 0.25) is 0 Å². The predicted octanol–water partition coefficient (Wildman–Crippen LogP) is 3.36. The van der Waals surface area contributed by atoms with Crippen LogP contribution in [0.5, 0.6) is 0 Å². The number of β-amino-alcohol motifs (C(OH)–C–C–N with tert-alkyl or cyclic N) is 1. The van der Waals surface area contributed by atoms with Crippen molar-refractivity contribution in [2.45, 2.75) is 30.9 Å². The Balaban J connectivity index is 1.25. The van der Waals surface area contributed by atoms with Crippen molar-refractivity contribution in [2.75, 3.05) is 44.2 Å². The van der Waals surface area contributed by atoms with Gasteiger partial charge in [-0.3, -0.25) is 9.69 Å². The molecule has 2 atom stereocenters. The first kappa shape index (κ1) is 20.7. The highest BCUT2D eigenvalue weighted by atomic mass is 35.5. The lowest BCUT2D eigenvalue weighted by atomic mass is 9.86. The number of fused-ring (bicyclic) bond motifs is 1. The average molecular weight is 444 g/mol. The van der Waals surface area contributed by atoms with Gasteiger partial charge in [-0.1, -0.05) is 29.8 Å². The van der Waals surface area contributed by atoms with Gasteiger partial charge in [0.25, 0.3) is 5.91 Å². The predicted molar refractivity (Wildman–Crippen MR) is 119 cm³/mol. The second-order valence-electron chi connectivity index (χ2n) is 8.92. The van der Waals surface area contributed by atoms with Crippen LogP contribution in [0.3, 0.4) is 0 Å². The maximum atomic E-state index is 15.1. The maximum absolute atomic E-state index is 15.1. The molecule has 0 spiro atoms. The molecule has 164 valence electrons. The van der Waals surface area contributed by atoms with Crippen LogP contribution in [0.15, 0.2) is 42.5 Å². The highest BCUT2D eigenvalue weighted by Gasteiger charge is 2.36. The number of anilines is 1. The van der Waals surface area contributed by atoms with E-state index in [1.54, 1.807) is 28.0 Å². The maximum Gasteiger partial charge on any atom is 0.257 e. The molecule has 3 aliphatic rings. The summed E-state index contributed by atoms with van der Waals surface area (Å²) in [5, 5.41) is 10.3. The molecule has 3 aliphatic heterocycles. The standard InChI is InChI=1S/C24H27ClFN3O2/c25-18-7-4-16(5-8-18)17-6-9-19-13-28(11-10-27(19)12-17)24(31)21-2-1-3-22(23(21)26)29-14-20(30)15-29/h1-5,7-8,17,19-20,30H,6,9-15H2/t17-,19+/m0/s1. The number of hydrogen-bond donors (Lipinski definition) is 1. The fourth-order valence-electron chi connectivity index (χ4n) is 5.12. The Bertz CT molecular complexity index is 964. The second-order valence-corrected chi connectivity index (χ2v) is 9.36. The molecule has 2 aromatic rings. The van der Waals surface area contributed by atoms with Crippen molar-refractivity contribution in [3.63, 3.8) is 0 Å². The summed E-state index contributed by atoms with van der Waals surface area (Å²) in [6.07, 6.45) is 1.67. The second kappa shape index (κ2) is 8.41. The van der Waals surface area contributed by atoms with Gasteiger partial charge in [-0.05, 0) is 48.6 Å². The normalized spacial score (nSPS) is 24.6. The van der Waals surface area contributed by atoms with E-state index in [4.69, 9.17) is 11.6 Å². The molecule has 5 nitrogen and oxygen atoms in total. The summed E-state index contributed by atoms with van der Waals surface area (Å²) in [6.45, 7) is 3.84. The summed E-state index contributed by atoms with van der Waals surface area (Å²) in [6, 6.07) is 13.4. The Morgan fingerprint density at radius 1 is 1.00 bits per heavy atom. The third kappa shape index (κ3) is 4.04. The zero-order valence-electron chi connectivity index (χ0n) is 17.4. The van der Waals surface area contributed by atoms with Crippen LogP contribution >= 0.6 is 11.6 Å². The summed E-state index contributed by atoms with van der Waals surface area (Å²) in [4.78, 5) is 19.2. The van der Waals surface area contributed by atoms with Crippen LogP contribution in [0.4, 0.5) is 10.1 Å². The van der Waals surface area contributed by atoms with Gasteiger partial charge in [0.15, 0.2) is 5.82 Å². The molecular weight excluding hydrogens is 417 g/mol. The van der Waals surface area contributed by atoms with E-state index in [-0.39, 0.29) is 11.5 Å². The third-order valence-electron chi connectivity index (χ3n) is 6.95. The highest BCUT2D eigenvalue weighted by molar-refractivity contribution is 6.30. The van der Waals surface area contributed by atoms with Crippen LogP contribution in [0.1, 0.15) is 34.7 Å². The van der Waals surface area contributed by atoms with Gasteiger partial charge in [0.1, 0.15) is 0 Å². The molecule has 31 heavy (non-hydrogen) atoms. The highest BCUT2D eigenvalue weighted by Crippen LogP contribution is 2.33. The number of carbonyl (C=O) groups is 1. The van der Waals surface area contributed by atoms with Gasteiger partial charge in [0.05, 0.1) is 17.4 Å². The SMILES string of the molecule is O=C(c1cccc(N2CC(O)C2)c1F)N1CCN2C[C@@H](c3ccc(Cl)cc3)CC[C@@H]2C1. The van der Waals surface area contributed by atoms with Crippen molar-refractivity contribution in [3.05, 3.63) is 64.4 Å². The number of rotatable bonds is 3. The Morgan fingerprint density at radius 3 is 2.52 bits per heavy atom. The minimum Gasteiger partial charge on any atom is -0.389 e. The molecule has 0 radical (unpaired) electrons. The smallest absolute Gasteiger partial charge is 0.257 e. The van der Waals surface area contributed by atoms with Gasteiger partial charge in [-0.25, -0.2) is 4.39 Å². The van der Waals surface area contributed by atoms with E-state index in [1.165, 1.54) is 5.56 Å². The van der Waals surface area contributed by atoms with E-state index in [0.717, 1.165) is 31.0 Å². The summed E-state index contributed by atoms with van der Waals surface area (Å²) < 4.78 is 15.1. The van der Waals surface area contributed by atoms with Crippen molar-refractivity contribution < 1.29 is 14.3 Å². The van der Waals surface area contributed by atoms with E-state index in [2.05, 4.69) is 17.0 Å². The fourth-order valence-corrected chi connectivity index (χ4v) is 5.24. The third-order valence-corrected chi connectivity index (χ3v) is 7.20. The number of aliphatic hydroxyl groups is 1. The molecule has 0 saturated carbocycles. The zero-order chi connectivity index (χ0) is 21.5. The zero-order valence-corrected chi connectivity index (χ0v) is 18.1. The number of amides is 1. The lowest BCUT2D eigenvalue weighted by molar-refractivity contribution is 0.0326. The van der Waals surface area contributed by atoms with Crippen LogP contribution in [-0.2, 0) is 0 Å². The summed E-state index contributed by atoms with van der Waals surface area (Å²) in [5.41, 5.74) is 1.84. The van der Waals surface area contributed by atoms with E-state index >= 15 is 4.39 Å². The molecule has 1 N–H and O–H groups in total. The molecule has 0 unspecified atom stereocenters. The Morgan fingerprint density at radius 2 is 1.77 bits per heavy atom. The van der Waals surface area contributed by atoms with Crippen LogP contribution < -0.4 is 4.90 Å². The minimum atomic E-state index is -0.478. The van der Waals surface area contributed by atoms with Crippen LogP contribution in [0, 0.1) is 5.82 Å². The Labute approximate surface area is 187 Å². The molecule has 5 rings (SSSR count). The number of piperidine rings is 1. The number of aliphatic hydroxyl groups excluding tert-OH is 1. The van der Waals surface area contributed by atoms with Crippen molar-refractivity contribution >= 4 is 23.2 Å². The number of nitrogens with zero attached hydrogens (tertiary/aromatic N) is 3. The average Bonchev–Trinajstić information content (AvgIpc) is 2.77. The number of halogens is 2. The van der Waals surface area contributed by atoms with E-state index < -0.39 is 11.9 Å². The first-order chi connectivity index (χ1) is 15.0. The van der Waals surface area contributed by atoms with Crippen molar-refractivity contribution in [2.24, 2.45) is 0 Å². The number of benzene rings is 2. The molecule has 0 bridgehead atoms. The summed E-state index contributed by atoms with van der Waals surface area (Å²) >= 11 is 6.03. The van der Waals surface area contributed by atoms with Crippen molar-refractivity contribution in [1.29, 1.82) is 0 Å². The lowest BCUT2D eigenvalue weighted by Gasteiger charge is -2.46. The lowest BCUT2D eigenvalue weighted by Crippen LogP contribution is -2.57. The fraction of sp³-hybridized carbons (Fsp3) is 0.458. The Hall–Kier alpha value is -2.15. The summed E-state index contributed by atoms with van der Waals surface area (Å²) in [5.74, 6) is -0.232. The van der Waals surface area contributed by atoms with Gasteiger partial charge in [-0.15, -0.1) is 0 Å². The monoisotopic (exact) mass is 443 g/mol. The minimum absolute atomic E-state index is 0.127. The van der Waals surface area contributed by atoms with Gasteiger partial charge >= 0.3 is 0 Å². The van der Waals surface area contributed by atoms with Crippen LogP contribution in [0.2, 0.25) is 5.02 Å². The summed E-state index contributed by atoms with van der Waals surface area (Å²) in [7, 11) is 0. The molecule has 2 aromatic carbocycles. The van der Waals surface area contributed by atoms with Gasteiger partial charge < -0.3 is 14.9 Å².